The second-order valence-corrected chi connectivity index (χ2v) is 8.21. The van der Waals surface area contributed by atoms with Crippen molar-refractivity contribution in [2.24, 2.45) is 11.8 Å². The van der Waals surface area contributed by atoms with E-state index in [0.29, 0.717) is 35.5 Å². The zero-order valence-corrected chi connectivity index (χ0v) is 18.4. The van der Waals surface area contributed by atoms with E-state index >= 15 is 0 Å². The van der Waals surface area contributed by atoms with Crippen LogP contribution in [0.1, 0.15) is 39.2 Å². The molecule has 156 valence electrons. The molecule has 0 N–H and O–H groups in total. The molecule has 5 nitrogen and oxygen atoms in total. The van der Waals surface area contributed by atoms with Crippen LogP contribution in [0.3, 0.4) is 0 Å². The zero-order chi connectivity index (χ0) is 21.1. The number of benzene rings is 1. The molecule has 1 aliphatic heterocycles. The number of carbonyl (C=O) groups excluding carboxylic acids is 1. The van der Waals surface area contributed by atoms with Crippen LogP contribution in [0.2, 0.25) is 0 Å². The Bertz CT molecular complexity index is 843. The zero-order valence-electron chi connectivity index (χ0n) is 18.4. The third-order valence-corrected chi connectivity index (χ3v) is 5.31. The number of ether oxygens (including phenoxy) is 2. The fourth-order valence-electron chi connectivity index (χ4n) is 3.52. The first kappa shape index (κ1) is 21.0. The van der Waals surface area contributed by atoms with E-state index in [1.54, 1.807) is 26.1 Å². The van der Waals surface area contributed by atoms with Gasteiger partial charge in [-0.25, -0.2) is 0 Å². The van der Waals surface area contributed by atoms with E-state index in [1.807, 2.05) is 24.4 Å². The third-order valence-electron chi connectivity index (χ3n) is 5.31. The number of hydrogen-bond donors (Lipinski definition) is 0. The van der Waals surface area contributed by atoms with Gasteiger partial charge in [0.15, 0.2) is 11.5 Å². The van der Waals surface area contributed by atoms with E-state index in [2.05, 4.69) is 37.8 Å². The minimum Gasteiger partial charge on any atom is -0.493 e. The molecule has 3 rings (SSSR count). The highest BCUT2D eigenvalue weighted by molar-refractivity contribution is 6.19. The molecule has 1 aliphatic carbocycles. The van der Waals surface area contributed by atoms with Crippen LogP contribution in [0.25, 0.3) is 5.57 Å². The van der Waals surface area contributed by atoms with Gasteiger partial charge in [0.2, 0.25) is 0 Å². The Kier molecular flexibility index (Phi) is 6.36. The molecule has 1 saturated carbocycles. The number of methoxy groups -OCH3 is 1. The summed E-state index contributed by atoms with van der Waals surface area (Å²) >= 11 is 0. The lowest BCUT2D eigenvalue weighted by molar-refractivity contribution is -0.122. The number of rotatable bonds is 7. The van der Waals surface area contributed by atoms with Crippen molar-refractivity contribution in [3.8, 4) is 11.5 Å². The average molecular weight is 397 g/mol. The van der Waals surface area contributed by atoms with Gasteiger partial charge in [-0.2, -0.15) is 0 Å². The molecule has 0 unspecified atom stereocenters. The lowest BCUT2D eigenvalue weighted by atomic mass is 10.0. The second-order valence-electron chi connectivity index (χ2n) is 8.21. The van der Waals surface area contributed by atoms with Crippen molar-refractivity contribution in [3.63, 3.8) is 0 Å². The largest absolute Gasteiger partial charge is 0.493 e. The first-order valence-electron chi connectivity index (χ1n) is 10.2. The molecule has 2 aliphatic rings. The molecular formula is C24H32N2O3. The highest BCUT2D eigenvalue weighted by Gasteiger charge is 2.24. The van der Waals surface area contributed by atoms with Gasteiger partial charge < -0.3 is 19.3 Å². The lowest BCUT2D eigenvalue weighted by Gasteiger charge is -2.29. The Balaban J connectivity index is 2.00. The number of amides is 1. The van der Waals surface area contributed by atoms with Gasteiger partial charge in [0, 0.05) is 31.7 Å². The van der Waals surface area contributed by atoms with Gasteiger partial charge in [-0.05, 0) is 56.2 Å². The molecule has 1 fully saturated rings. The predicted molar refractivity (Wildman–Crippen MR) is 116 cm³/mol. The molecule has 29 heavy (non-hydrogen) atoms. The van der Waals surface area contributed by atoms with Gasteiger partial charge in [-0.3, -0.25) is 4.79 Å². The van der Waals surface area contributed by atoms with Gasteiger partial charge in [0.05, 0.1) is 19.3 Å². The van der Waals surface area contributed by atoms with Crippen LogP contribution in [0.4, 0.5) is 0 Å². The number of carbonyl (C=O) groups is 1. The molecular weight excluding hydrogens is 364 g/mol. The van der Waals surface area contributed by atoms with E-state index in [-0.39, 0.29) is 5.91 Å². The Hall–Kier alpha value is -2.69. The number of likely N-dealkylation sites (N-methyl/N-ethyl adjacent to an activating group) is 1. The van der Waals surface area contributed by atoms with Gasteiger partial charge in [0.25, 0.3) is 5.91 Å². The van der Waals surface area contributed by atoms with E-state index in [9.17, 15) is 4.79 Å². The first-order valence-corrected chi connectivity index (χ1v) is 10.2. The van der Waals surface area contributed by atoms with Crippen molar-refractivity contribution in [3.05, 3.63) is 53.5 Å². The molecule has 1 aromatic rings. The molecule has 1 amide bonds. The third kappa shape index (κ3) is 5.03. The van der Waals surface area contributed by atoms with Crippen molar-refractivity contribution < 1.29 is 14.3 Å². The fraction of sp³-hybridized carbons (Fsp3) is 0.458. The van der Waals surface area contributed by atoms with Crippen molar-refractivity contribution in [2.75, 3.05) is 27.8 Å². The average Bonchev–Trinajstić information content (AvgIpc) is 3.49. The van der Waals surface area contributed by atoms with Crippen LogP contribution >= 0.6 is 0 Å². The summed E-state index contributed by atoms with van der Waals surface area (Å²) in [5.74, 6) is 2.34. The summed E-state index contributed by atoms with van der Waals surface area (Å²) in [4.78, 5) is 16.7. The highest BCUT2D eigenvalue weighted by atomic mass is 16.5. The van der Waals surface area contributed by atoms with Crippen molar-refractivity contribution in [1.82, 2.24) is 9.80 Å². The predicted octanol–water partition coefficient (Wildman–Crippen LogP) is 4.67. The van der Waals surface area contributed by atoms with Crippen LogP contribution < -0.4 is 9.47 Å². The van der Waals surface area contributed by atoms with Gasteiger partial charge in [-0.1, -0.05) is 25.1 Å². The summed E-state index contributed by atoms with van der Waals surface area (Å²) in [5.41, 5.74) is 3.65. The summed E-state index contributed by atoms with van der Waals surface area (Å²) in [5, 5.41) is 0. The highest BCUT2D eigenvalue weighted by Crippen LogP contribution is 2.35. The molecule has 1 aromatic carbocycles. The SMILES string of the molecule is COc1ccc(/C(=C/N2C(C)=CC(C)C=C2C)C(=O)N(C)C)cc1OCC1CC1. The van der Waals surface area contributed by atoms with Gasteiger partial charge in [-0.15, -0.1) is 0 Å². The molecule has 0 bridgehead atoms. The van der Waals surface area contributed by atoms with E-state index in [0.717, 1.165) is 17.0 Å². The minimum atomic E-state index is -0.0532. The van der Waals surface area contributed by atoms with Crippen molar-refractivity contribution in [1.29, 1.82) is 0 Å². The van der Waals surface area contributed by atoms with Crippen LogP contribution in [0, 0.1) is 11.8 Å². The molecule has 0 aromatic heterocycles. The standard InChI is InChI=1S/C24H32N2O3/c1-16-11-17(2)26(18(3)12-16)14-21(24(27)25(4)5)20-9-10-22(28-6)23(13-20)29-15-19-7-8-19/h9-14,16,19H,7-8,15H2,1-6H3/b21-14-. The quantitative estimate of drug-likeness (QED) is 0.628. The first-order chi connectivity index (χ1) is 13.8. The number of allylic oxidation sites excluding steroid dienone is 4. The molecule has 0 radical (unpaired) electrons. The molecule has 0 atom stereocenters. The summed E-state index contributed by atoms with van der Waals surface area (Å²) in [6.45, 7) is 6.99. The summed E-state index contributed by atoms with van der Waals surface area (Å²) < 4.78 is 11.5. The number of hydrogen-bond acceptors (Lipinski definition) is 4. The Morgan fingerprint density at radius 2 is 1.83 bits per heavy atom. The van der Waals surface area contributed by atoms with Crippen LogP contribution in [0.5, 0.6) is 11.5 Å². The minimum absolute atomic E-state index is 0.0532. The summed E-state index contributed by atoms with van der Waals surface area (Å²) in [6, 6.07) is 5.71. The number of nitrogens with zero attached hydrogens (tertiary/aromatic N) is 2. The van der Waals surface area contributed by atoms with Crippen LogP contribution in [-0.4, -0.2) is 43.5 Å². The second kappa shape index (κ2) is 8.76. The Morgan fingerprint density at radius 1 is 1.17 bits per heavy atom. The topological polar surface area (TPSA) is 42.0 Å². The van der Waals surface area contributed by atoms with Crippen molar-refractivity contribution in [2.45, 2.75) is 33.6 Å². The van der Waals surface area contributed by atoms with E-state index < -0.39 is 0 Å². The maximum Gasteiger partial charge on any atom is 0.255 e. The smallest absolute Gasteiger partial charge is 0.255 e. The van der Waals surface area contributed by atoms with Gasteiger partial charge in [0.1, 0.15) is 0 Å². The van der Waals surface area contributed by atoms with Crippen LogP contribution in [0.15, 0.2) is 47.9 Å². The maximum atomic E-state index is 13.1. The van der Waals surface area contributed by atoms with E-state index in [1.165, 1.54) is 12.8 Å². The molecule has 0 spiro atoms. The van der Waals surface area contributed by atoms with Gasteiger partial charge >= 0.3 is 0 Å². The fourth-order valence-corrected chi connectivity index (χ4v) is 3.52. The lowest BCUT2D eigenvalue weighted by Crippen LogP contribution is -2.25. The van der Waals surface area contributed by atoms with Crippen molar-refractivity contribution >= 4 is 11.5 Å². The van der Waals surface area contributed by atoms with E-state index in [4.69, 9.17) is 9.47 Å². The summed E-state index contributed by atoms with van der Waals surface area (Å²) in [7, 11) is 5.18. The molecule has 1 heterocycles. The summed E-state index contributed by atoms with van der Waals surface area (Å²) in [6.07, 6.45) is 8.75. The molecule has 5 heteroatoms. The van der Waals surface area contributed by atoms with Crippen LogP contribution in [-0.2, 0) is 4.79 Å². The monoisotopic (exact) mass is 396 g/mol. The normalized spacial score (nSPS) is 17.6. The Labute approximate surface area is 174 Å². The maximum absolute atomic E-state index is 13.1. The Morgan fingerprint density at radius 3 is 2.38 bits per heavy atom. The molecule has 0 saturated heterocycles.